The molecule has 1 atom stereocenters. The molecule has 0 fully saturated rings. The van der Waals surface area contributed by atoms with Gasteiger partial charge in [-0.25, -0.2) is 8.42 Å². The number of esters is 1. The van der Waals surface area contributed by atoms with E-state index in [9.17, 15) is 18.0 Å². The van der Waals surface area contributed by atoms with Crippen molar-refractivity contribution in [1.29, 1.82) is 0 Å². The summed E-state index contributed by atoms with van der Waals surface area (Å²) in [6, 6.07) is 2.01. The third-order valence-corrected chi connectivity index (χ3v) is 5.85. The Kier molecular flexibility index (Phi) is 7.85. The molecular weight excluding hydrogens is 352 g/mol. The van der Waals surface area contributed by atoms with Crippen LogP contribution in [-0.4, -0.2) is 39.5 Å². The molecule has 0 aliphatic carbocycles. The molecule has 0 spiro atoms. The normalized spacial score (nSPS) is 13.1. The average Bonchev–Trinajstić information content (AvgIpc) is 3.03. The summed E-state index contributed by atoms with van der Waals surface area (Å²) in [6.07, 6.45) is 0. The van der Waals surface area contributed by atoms with Crippen LogP contribution in [0, 0.1) is 11.8 Å². The summed E-state index contributed by atoms with van der Waals surface area (Å²) in [4.78, 5) is 23.7. The fourth-order valence-corrected chi connectivity index (χ4v) is 4.04. The van der Waals surface area contributed by atoms with Gasteiger partial charge in [0.2, 0.25) is 0 Å². The molecule has 1 heterocycles. The molecule has 0 saturated carbocycles. The van der Waals surface area contributed by atoms with Crippen molar-refractivity contribution in [3.8, 4) is 0 Å². The zero-order chi connectivity index (χ0) is 18.3. The number of nitrogens with one attached hydrogen (secondary N) is 2. The molecule has 1 amide bonds. The molecule has 0 bridgehead atoms. The SMILES string of the molecule is CC(C)CNC(=O)COC(=O)[C@H](NS(=O)(=O)c1cccs1)C(C)C. The number of ether oxygens (including phenoxy) is 1. The Morgan fingerprint density at radius 3 is 2.42 bits per heavy atom. The number of rotatable bonds is 9. The van der Waals surface area contributed by atoms with Crippen LogP contribution < -0.4 is 10.0 Å². The number of thiophene rings is 1. The first-order valence-corrected chi connectivity index (χ1v) is 9.99. The van der Waals surface area contributed by atoms with Crippen LogP contribution in [-0.2, 0) is 24.3 Å². The van der Waals surface area contributed by atoms with E-state index in [1.807, 2.05) is 13.8 Å². The summed E-state index contributed by atoms with van der Waals surface area (Å²) in [6.45, 7) is 7.33. The number of carbonyl (C=O) groups excluding carboxylic acids is 2. The van der Waals surface area contributed by atoms with E-state index < -0.39 is 34.5 Å². The van der Waals surface area contributed by atoms with Crippen molar-refractivity contribution in [1.82, 2.24) is 10.0 Å². The predicted octanol–water partition coefficient (Wildman–Crippen LogP) is 1.37. The lowest BCUT2D eigenvalue weighted by atomic mass is 10.1. The van der Waals surface area contributed by atoms with Crippen LogP contribution in [0.1, 0.15) is 27.7 Å². The molecule has 24 heavy (non-hydrogen) atoms. The van der Waals surface area contributed by atoms with E-state index in [0.717, 1.165) is 11.3 Å². The summed E-state index contributed by atoms with van der Waals surface area (Å²) in [7, 11) is -3.80. The predicted molar refractivity (Wildman–Crippen MR) is 92.1 cm³/mol. The highest BCUT2D eigenvalue weighted by atomic mass is 32.2. The third-order valence-electron chi connectivity index (χ3n) is 3.02. The van der Waals surface area contributed by atoms with Crippen molar-refractivity contribution >= 4 is 33.2 Å². The van der Waals surface area contributed by atoms with Crippen LogP contribution in [0.3, 0.4) is 0 Å². The van der Waals surface area contributed by atoms with Gasteiger partial charge < -0.3 is 10.1 Å². The smallest absolute Gasteiger partial charge is 0.324 e. The number of carbonyl (C=O) groups is 2. The van der Waals surface area contributed by atoms with Gasteiger partial charge in [-0.3, -0.25) is 9.59 Å². The number of sulfonamides is 1. The minimum absolute atomic E-state index is 0.121. The van der Waals surface area contributed by atoms with Crippen LogP contribution in [0.5, 0.6) is 0 Å². The zero-order valence-electron chi connectivity index (χ0n) is 14.2. The lowest BCUT2D eigenvalue weighted by Gasteiger charge is -2.20. The zero-order valence-corrected chi connectivity index (χ0v) is 15.9. The lowest BCUT2D eigenvalue weighted by Crippen LogP contribution is -2.46. The molecule has 0 saturated heterocycles. The van der Waals surface area contributed by atoms with E-state index in [4.69, 9.17) is 4.74 Å². The van der Waals surface area contributed by atoms with Gasteiger partial charge in [-0.2, -0.15) is 4.72 Å². The van der Waals surface area contributed by atoms with Crippen LogP contribution in [0.25, 0.3) is 0 Å². The Balaban J connectivity index is 2.65. The summed E-state index contributed by atoms with van der Waals surface area (Å²) in [5.41, 5.74) is 0. The van der Waals surface area contributed by atoms with Crippen molar-refractivity contribution in [3.05, 3.63) is 17.5 Å². The molecule has 0 aliphatic heterocycles. The lowest BCUT2D eigenvalue weighted by molar-refractivity contribution is -0.151. The monoisotopic (exact) mass is 376 g/mol. The fourth-order valence-electron chi connectivity index (χ4n) is 1.69. The van der Waals surface area contributed by atoms with Crippen LogP contribution in [0.2, 0.25) is 0 Å². The molecule has 0 radical (unpaired) electrons. The Morgan fingerprint density at radius 1 is 1.25 bits per heavy atom. The van der Waals surface area contributed by atoms with Crippen molar-refractivity contribution in [2.45, 2.75) is 37.9 Å². The van der Waals surface area contributed by atoms with Gasteiger partial charge in [0.25, 0.3) is 15.9 Å². The molecular formula is C15H24N2O5S2. The standard InChI is InChI=1S/C15H24N2O5S2/c1-10(2)8-16-12(18)9-22-15(19)14(11(3)4)17-24(20,21)13-6-5-7-23-13/h5-7,10-11,14,17H,8-9H2,1-4H3,(H,16,18)/t14-/m1/s1. The van der Waals surface area contributed by atoms with Crippen LogP contribution in [0.4, 0.5) is 0 Å². The van der Waals surface area contributed by atoms with Gasteiger partial charge in [0.05, 0.1) is 0 Å². The van der Waals surface area contributed by atoms with E-state index in [1.54, 1.807) is 25.3 Å². The first-order chi connectivity index (χ1) is 11.1. The van der Waals surface area contributed by atoms with Crippen molar-refractivity contribution in [2.24, 2.45) is 11.8 Å². The minimum Gasteiger partial charge on any atom is -0.454 e. The highest BCUT2D eigenvalue weighted by Gasteiger charge is 2.30. The molecule has 7 nitrogen and oxygen atoms in total. The summed E-state index contributed by atoms with van der Waals surface area (Å²) in [5, 5.41) is 4.26. The topological polar surface area (TPSA) is 102 Å². The number of hydrogen-bond acceptors (Lipinski definition) is 6. The van der Waals surface area contributed by atoms with E-state index >= 15 is 0 Å². The van der Waals surface area contributed by atoms with Crippen molar-refractivity contribution < 1.29 is 22.7 Å². The minimum atomic E-state index is -3.80. The van der Waals surface area contributed by atoms with E-state index in [2.05, 4.69) is 10.0 Å². The van der Waals surface area contributed by atoms with Gasteiger partial charge in [-0.05, 0) is 23.3 Å². The molecule has 0 aromatic carbocycles. The van der Waals surface area contributed by atoms with E-state index in [0.29, 0.717) is 6.54 Å². The van der Waals surface area contributed by atoms with Gasteiger partial charge >= 0.3 is 5.97 Å². The molecule has 1 rings (SSSR count). The second-order valence-corrected chi connectivity index (χ2v) is 8.97. The summed E-state index contributed by atoms with van der Waals surface area (Å²) >= 11 is 1.06. The molecule has 2 N–H and O–H groups in total. The maximum absolute atomic E-state index is 12.2. The number of amides is 1. The summed E-state index contributed by atoms with van der Waals surface area (Å²) < 4.78 is 31.9. The van der Waals surface area contributed by atoms with Gasteiger partial charge in [0.15, 0.2) is 6.61 Å². The van der Waals surface area contributed by atoms with Crippen LogP contribution >= 0.6 is 11.3 Å². The Bertz CT molecular complexity index is 639. The molecule has 1 aromatic rings. The van der Waals surface area contributed by atoms with Crippen molar-refractivity contribution in [2.75, 3.05) is 13.2 Å². The maximum atomic E-state index is 12.2. The first kappa shape index (κ1) is 20.6. The largest absolute Gasteiger partial charge is 0.454 e. The van der Waals surface area contributed by atoms with Crippen molar-refractivity contribution in [3.63, 3.8) is 0 Å². The Labute approximate surface area is 146 Å². The number of hydrogen-bond donors (Lipinski definition) is 2. The maximum Gasteiger partial charge on any atom is 0.324 e. The third kappa shape index (κ3) is 6.58. The van der Waals surface area contributed by atoms with Gasteiger partial charge in [0.1, 0.15) is 10.3 Å². The molecule has 0 aliphatic rings. The van der Waals surface area contributed by atoms with Gasteiger partial charge in [-0.1, -0.05) is 33.8 Å². The van der Waals surface area contributed by atoms with Gasteiger partial charge in [0, 0.05) is 6.54 Å². The second kappa shape index (κ2) is 9.14. The van der Waals surface area contributed by atoms with E-state index in [-0.39, 0.29) is 16.0 Å². The quantitative estimate of drug-likeness (QED) is 0.634. The average molecular weight is 377 g/mol. The Morgan fingerprint density at radius 2 is 1.92 bits per heavy atom. The molecule has 1 aromatic heterocycles. The Hall–Kier alpha value is -1.45. The molecule has 0 unspecified atom stereocenters. The highest BCUT2D eigenvalue weighted by molar-refractivity contribution is 7.91. The fraction of sp³-hybridized carbons (Fsp3) is 0.600. The van der Waals surface area contributed by atoms with Crippen LogP contribution in [0.15, 0.2) is 21.7 Å². The van der Waals surface area contributed by atoms with Gasteiger partial charge in [-0.15, -0.1) is 11.3 Å². The molecule has 9 heteroatoms. The summed E-state index contributed by atoms with van der Waals surface area (Å²) in [5.74, 6) is -1.23. The molecule has 136 valence electrons. The second-order valence-electron chi connectivity index (χ2n) is 6.08. The van der Waals surface area contributed by atoms with E-state index in [1.165, 1.54) is 6.07 Å². The first-order valence-electron chi connectivity index (χ1n) is 7.62. The highest BCUT2D eigenvalue weighted by Crippen LogP contribution is 2.17.